The van der Waals surface area contributed by atoms with Gasteiger partial charge in [-0.05, 0) is 60.7 Å². The van der Waals surface area contributed by atoms with Crippen molar-refractivity contribution in [2.24, 2.45) is 0 Å². The maximum atomic E-state index is 13.0. The first-order valence-electron chi connectivity index (χ1n) is 10.1. The number of hydroxylamine groups is 1. The number of nitrogens with one attached hydrogen (secondary N) is 2. The van der Waals surface area contributed by atoms with E-state index >= 15 is 0 Å². The molecule has 0 fully saturated rings. The van der Waals surface area contributed by atoms with Crippen molar-refractivity contribution in [1.29, 1.82) is 0 Å². The highest BCUT2D eigenvalue weighted by Crippen LogP contribution is 2.26. The zero-order chi connectivity index (χ0) is 25.2. The summed E-state index contributed by atoms with van der Waals surface area (Å²) in [7, 11) is -0.880. The number of hydrogen-bond donors (Lipinski definition) is 2. The number of ether oxygens (including phenoxy) is 1. The van der Waals surface area contributed by atoms with Gasteiger partial charge in [0.2, 0.25) is 9.84 Å². The average molecular weight is 515 g/mol. The molecule has 35 heavy (non-hydrogen) atoms. The number of hydrogen-bond acceptors (Lipinski definition) is 8. The highest BCUT2D eigenvalue weighted by molar-refractivity contribution is 7.91. The van der Waals surface area contributed by atoms with E-state index in [0.717, 1.165) is 5.06 Å². The van der Waals surface area contributed by atoms with Crippen LogP contribution in [0, 0.1) is 0 Å². The third kappa shape index (κ3) is 5.35. The Balaban J connectivity index is 1.55. The van der Waals surface area contributed by atoms with Gasteiger partial charge in [-0.25, -0.2) is 17.7 Å². The van der Waals surface area contributed by atoms with Gasteiger partial charge in [-0.1, -0.05) is 12.1 Å². The van der Waals surface area contributed by atoms with Gasteiger partial charge in [-0.15, -0.1) is 0 Å². The summed E-state index contributed by atoms with van der Waals surface area (Å²) in [6, 6.07) is 18.6. The molecule has 0 aliphatic heterocycles. The molecule has 1 amide bonds. The van der Waals surface area contributed by atoms with Crippen LogP contribution in [-0.4, -0.2) is 42.2 Å². The predicted molar refractivity (Wildman–Crippen MR) is 130 cm³/mol. The smallest absolute Gasteiger partial charge is 0.272 e. The summed E-state index contributed by atoms with van der Waals surface area (Å²) in [6.07, 6.45) is 0. The van der Waals surface area contributed by atoms with Gasteiger partial charge >= 0.3 is 0 Å². The fraction of sp³-hybridized carbons (Fsp3) is 0.0870. The number of nitrogens with zero attached hydrogens (tertiary/aromatic N) is 1. The number of carbonyl (C=O) groups is 1. The van der Waals surface area contributed by atoms with Crippen LogP contribution >= 0.6 is 0 Å². The summed E-state index contributed by atoms with van der Waals surface area (Å²) >= 11 is -2.72. The molecule has 182 valence electrons. The van der Waals surface area contributed by atoms with Gasteiger partial charge < -0.3 is 19.6 Å². The van der Waals surface area contributed by atoms with Crippen LogP contribution in [0.4, 0.5) is 11.4 Å². The number of rotatable bonds is 8. The van der Waals surface area contributed by atoms with E-state index in [4.69, 9.17) is 4.74 Å². The Morgan fingerprint density at radius 3 is 2.46 bits per heavy atom. The van der Waals surface area contributed by atoms with Crippen LogP contribution in [0.5, 0.6) is 5.75 Å². The van der Waals surface area contributed by atoms with E-state index in [1.807, 2.05) is 0 Å². The summed E-state index contributed by atoms with van der Waals surface area (Å²) in [4.78, 5) is 15.9. The zero-order valence-corrected chi connectivity index (χ0v) is 20.2. The van der Waals surface area contributed by atoms with Crippen LogP contribution in [-0.2, 0) is 25.5 Å². The lowest BCUT2D eigenvalue weighted by Gasteiger charge is -2.18. The van der Waals surface area contributed by atoms with Crippen molar-refractivity contribution in [3.63, 3.8) is 0 Å². The summed E-state index contributed by atoms with van der Waals surface area (Å²) in [6.45, 7) is 0. The molecule has 0 saturated carbocycles. The molecule has 1 aromatic heterocycles. The number of benzene rings is 3. The molecule has 2 N–H and O–H groups in total. The average Bonchev–Trinajstić information content (AvgIpc) is 3.27. The Bertz CT molecular complexity index is 1520. The Labute approximate surface area is 203 Å². The van der Waals surface area contributed by atoms with Gasteiger partial charge in [0.05, 0.1) is 22.6 Å². The van der Waals surface area contributed by atoms with E-state index in [1.54, 1.807) is 48.5 Å². The Morgan fingerprint density at radius 1 is 1.03 bits per heavy atom. The fourth-order valence-electron chi connectivity index (χ4n) is 3.40. The molecule has 1 unspecified atom stereocenters. The molecule has 12 heteroatoms. The highest BCUT2D eigenvalue weighted by atomic mass is 32.2. The van der Waals surface area contributed by atoms with Gasteiger partial charge in [0.1, 0.15) is 22.8 Å². The Hall–Kier alpha value is -3.71. The lowest BCUT2D eigenvalue weighted by Crippen LogP contribution is -2.18. The van der Waals surface area contributed by atoms with Crippen molar-refractivity contribution in [2.45, 2.75) is 9.79 Å². The van der Waals surface area contributed by atoms with E-state index in [2.05, 4.69) is 14.6 Å². The first kappa shape index (κ1) is 24.4. The first-order chi connectivity index (χ1) is 16.7. The van der Waals surface area contributed by atoms with Crippen LogP contribution in [0.15, 0.2) is 82.6 Å². The van der Waals surface area contributed by atoms with Crippen LogP contribution in [0.1, 0.15) is 10.5 Å². The van der Waals surface area contributed by atoms with Gasteiger partial charge in [-0.3, -0.25) is 4.79 Å². The number of aromatic nitrogens is 1. The van der Waals surface area contributed by atoms with Crippen molar-refractivity contribution in [2.75, 3.05) is 24.5 Å². The summed E-state index contributed by atoms with van der Waals surface area (Å²) in [5.74, 6) is 0.0574. The van der Waals surface area contributed by atoms with Crippen molar-refractivity contribution in [3.8, 4) is 5.75 Å². The second-order valence-electron chi connectivity index (χ2n) is 7.39. The fourth-order valence-corrected chi connectivity index (χ4v) is 4.97. The first-order valence-corrected chi connectivity index (χ1v) is 12.6. The normalized spacial score (nSPS) is 12.3. The van der Waals surface area contributed by atoms with Crippen molar-refractivity contribution in [3.05, 3.63) is 78.5 Å². The van der Waals surface area contributed by atoms with Crippen LogP contribution in [0.3, 0.4) is 0 Å². The molecule has 0 saturated heterocycles. The number of anilines is 2. The minimum absolute atomic E-state index is 0.0283. The molecular weight excluding hydrogens is 494 g/mol. The minimum atomic E-state index is -3.80. The molecule has 4 rings (SSSR count). The second kappa shape index (κ2) is 9.88. The number of sulfone groups is 1. The molecule has 0 aliphatic carbocycles. The molecule has 1 heterocycles. The van der Waals surface area contributed by atoms with Crippen LogP contribution in [0.25, 0.3) is 10.9 Å². The van der Waals surface area contributed by atoms with Gasteiger partial charge in [0, 0.05) is 23.6 Å². The monoisotopic (exact) mass is 514 g/mol. The Kier molecular flexibility index (Phi) is 6.89. The molecule has 3 aromatic carbocycles. The number of carbonyl (C=O) groups excluding carboxylic acids is 1. The third-order valence-electron chi connectivity index (χ3n) is 5.16. The number of H-pyrrole nitrogens is 1. The predicted octanol–water partition coefficient (Wildman–Crippen LogP) is 3.42. The Morgan fingerprint density at radius 2 is 1.77 bits per heavy atom. The topological polar surface area (TPSA) is 141 Å². The van der Waals surface area contributed by atoms with Crippen molar-refractivity contribution in [1.82, 2.24) is 4.98 Å². The van der Waals surface area contributed by atoms with Gasteiger partial charge in [0.25, 0.3) is 5.91 Å². The van der Waals surface area contributed by atoms with Crippen molar-refractivity contribution >= 4 is 49.4 Å². The van der Waals surface area contributed by atoms with Crippen LogP contribution in [0.2, 0.25) is 0 Å². The van der Waals surface area contributed by atoms with E-state index in [0.29, 0.717) is 28.0 Å². The van der Waals surface area contributed by atoms with E-state index in [1.165, 1.54) is 38.4 Å². The maximum Gasteiger partial charge on any atom is 0.272 e. The van der Waals surface area contributed by atoms with Gasteiger partial charge in [-0.2, -0.15) is 4.28 Å². The van der Waals surface area contributed by atoms with Crippen LogP contribution < -0.4 is 15.1 Å². The van der Waals surface area contributed by atoms with E-state index in [-0.39, 0.29) is 15.5 Å². The maximum absolute atomic E-state index is 13.0. The summed E-state index contributed by atoms with van der Waals surface area (Å²) < 4.78 is 57.1. The molecule has 0 spiro atoms. The molecule has 0 aliphatic rings. The second-order valence-corrected chi connectivity index (χ2v) is 9.90. The van der Waals surface area contributed by atoms with Crippen molar-refractivity contribution < 1.29 is 31.0 Å². The lowest BCUT2D eigenvalue weighted by atomic mass is 10.2. The molecule has 4 aromatic rings. The molecule has 1 atom stereocenters. The highest BCUT2D eigenvalue weighted by Gasteiger charge is 2.19. The largest absolute Gasteiger partial charge is 0.748 e. The standard InChI is InChI=1S/C23H21N3O7S2/c1-26(33-34(28)29)17-7-6-15-12-22(25-21(15)14-17)23(27)24-16-4-3-5-20(13-16)35(30,31)19-10-8-18(32-2)9-11-19/h3-14,25H,1-2H3,(H,24,27)(H,28,29)/p-1. The summed E-state index contributed by atoms with van der Waals surface area (Å²) in [5, 5.41) is 4.48. The molecule has 0 bridgehead atoms. The molecule has 10 nitrogen and oxygen atoms in total. The molecule has 0 radical (unpaired) electrons. The van der Waals surface area contributed by atoms with E-state index < -0.39 is 27.1 Å². The quantitative estimate of drug-likeness (QED) is 0.269. The lowest BCUT2D eigenvalue weighted by molar-refractivity contribution is 0.102. The minimum Gasteiger partial charge on any atom is -0.748 e. The summed E-state index contributed by atoms with van der Waals surface area (Å²) in [5.41, 5.74) is 1.56. The number of fused-ring (bicyclic) bond motifs is 1. The van der Waals surface area contributed by atoms with E-state index in [9.17, 15) is 22.0 Å². The zero-order valence-electron chi connectivity index (χ0n) is 18.5. The number of amides is 1. The molecular formula is C23H20N3O7S2-. The van der Waals surface area contributed by atoms with Gasteiger partial charge in [0.15, 0.2) is 0 Å². The number of aromatic amines is 1. The number of methoxy groups -OCH3 is 1. The third-order valence-corrected chi connectivity index (χ3v) is 7.27. The SMILES string of the molecule is COc1ccc(S(=O)(=O)c2cccc(NC(=O)c3cc4ccc(N(C)OS(=O)[O-])cc4[nH]3)c2)cc1.